The lowest BCUT2D eigenvalue weighted by molar-refractivity contribution is 0.795. The second-order valence-electron chi connectivity index (χ2n) is 2.45. The van der Waals surface area contributed by atoms with Gasteiger partial charge in [-0.2, -0.15) is 0 Å². The van der Waals surface area contributed by atoms with Gasteiger partial charge >= 0.3 is 0 Å². The third kappa shape index (κ3) is 6.38. The minimum absolute atomic E-state index is 0.868. The Bertz CT molecular complexity index is 192. The van der Waals surface area contributed by atoms with Crippen LogP contribution in [0.2, 0.25) is 0 Å². The maximum absolute atomic E-state index is 3.87. The predicted octanol–water partition coefficient (Wildman–Crippen LogP) is 3.01. The van der Waals surface area contributed by atoms with Crippen molar-refractivity contribution in [3.05, 3.63) is 34.9 Å². The highest BCUT2D eigenvalue weighted by molar-refractivity contribution is 9.11. The largest absolute Gasteiger partial charge is 0.312 e. The van der Waals surface area contributed by atoms with Crippen LogP contribution >= 0.6 is 15.9 Å². The number of likely N-dealkylation sites (N-methyl/N-ethyl adjacent to an activating group) is 1. The van der Waals surface area contributed by atoms with Crippen molar-refractivity contribution in [1.29, 1.82) is 0 Å². The van der Waals surface area contributed by atoms with E-state index in [9.17, 15) is 0 Å². The number of allylic oxidation sites excluding steroid dienone is 4. The molecule has 0 aliphatic carbocycles. The Balaban J connectivity index is 3.89. The van der Waals surface area contributed by atoms with E-state index in [2.05, 4.69) is 34.7 Å². The van der Waals surface area contributed by atoms with E-state index in [0.717, 1.165) is 23.1 Å². The molecule has 0 aromatic carbocycles. The Kier molecular flexibility index (Phi) is 7.11. The lowest BCUT2D eigenvalue weighted by atomic mass is 10.2. The Morgan fingerprint density at radius 2 is 2.25 bits per heavy atom. The first kappa shape index (κ1) is 11.7. The van der Waals surface area contributed by atoms with Gasteiger partial charge in [0.2, 0.25) is 0 Å². The van der Waals surface area contributed by atoms with Gasteiger partial charge < -0.3 is 5.32 Å². The molecule has 0 bridgehead atoms. The zero-order chi connectivity index (χ0) is 9.40. The monoisotopic (exact) mass is 229 g/mol. The van der Waals surface area contributed by atoms with Crippen molar-refractivity contribution in [2.45, 2.75) is 13.8 Å². The number of hydrogen-bond donors (Lipinski definition) is 1. The van der Waals surface area contributed by atoms with Gasteiger partial charge in [-0.3, -0.25) is 0 Å². The predicted molar refractivity (Wildman–Crippen MR) is 59.5 cm³/mol. The van der Waals surface area contributed by atoms with E-state index in [0.29, 0.717) is 0 Å². The first-order valence-electron chi connectivity index (χ1n) is 4.09. The summed E-state index contributed by atoms with van der Waals surface area (Å²) in [5, 5.41) is 3.22. The van der Waals surface area contributed by atoms with E-state index in [1.54, 1.807) is 0 Å². The minimum atomic E-state index is 0.868. The fraction of sp³-hybridized carbons (Fsp3) is 0.400. The SMILES string of the molecule is C=C(/C=C\C)/C=C(/Br)CNCC. The molecule has 0 saturated heterocycles. The standard InChI is InChI=1S/C10H16BrN/c1-4-6-9(3)7-10(11)8-12-5-2/h4,6-7,12H,3,5,8H2,1-2H3/b6-4-,10-7+. The van der Waals surface area contributed by atoms with Crippen molar-refractivity contribution in [2.75, 3.05) is 13.1 Å². The van der Waals surface area contributed by atoms with Crippen LogP contribution in [0.25, 0.3) is 0 Å². The third-order valence-corrected chi connectivity index (χ3v) is 1.78. The molecule has 0 unspecified atom stereocenters. The average Bonchev–Trinajstić information content (AvgIpc) is 2.01. The summed E-state index contributed by atoms with van der Waals surface area (Å²) in [6.07, 6.45) is 5.97. The smallest absolute Gasteiger partial charge is 0.0271 e. The maximum atomic E-state index is 3.87. The zero-order valence-corrected chi connectivity index (χ0v) is 9.32. The lowest BCUT2D eigenvalue weighted by Gasteiger charge is -1.99. The summed E-state index contributed by atoms with van der Waals surface area (Å²) < 4.78 is 1.13. The van der Waals surface area contributed by atoms with Gasteiger partial charge in [0.05, 0.1) is 0 Å². The van der Waals surface area contributed by atoms with Gasteiger partial charge in [-0.25, -0.2) is 0 Å². The number of rotatable bonds is 5. The molecule has 1 nitrogen and oxygen atoms in total. The maximum Gasteiger partial charge on any atom is 0.0271 e. The highest BCUT2D eigenvalue weighted by Crippen LogP contribution is 2.07. The molecule has 0 aliphatic rings. The molecule has 0 fully saturated rings. The van der Waals surface area contributed by atoms with Crippen LogP contribution in [0.3, 0.4) is 0 Å². The van der Waals surface area contributed by atoms with Crippen LogP contribution in [-0.4, -0.2) is 13.1 Å². The Labute approximate surface area is 83.4 Å². The average molecular weight is 230 g/mol. The van der Waals surface area contributed by atoms with Crippen LogP contribution in [0, 0.1) is 0 Å². The number of halogens is 1. The molecule has 0 aromatic heterocycles. The fourth-order valence-electron chi connectivity index (χ4n) is 0.759. The summed E-state index contributed by atoms with van der Waals surface area (Å²) in [4.78, 5) is 0. The van der Waals surface area contributed by atoms with Crippen molar-refractivity contribution in [3.63, 3.8) is 0 Å². The van der Waals surface area contributed by atoms with E-state index >= 15 is 0 Å². The molecule has 2 heteroatoms. The molecule has 1 N–H and O–H groups in total. The fourth-order valence-corrected chi connectivity index (χ4v) is 1.25. The minimum Gasteiger partial charge on any atom is -0.312 e. The molecule has 68 valence electrons. The molecule has 0 saturated carbocycles. The van der Waals surface area contributed by atoms with Gasteiger partial charge in [0.1, 0.15) is 0 Å². The first-order chi connectivity index (χ1) is 5.70. The van der Waals surface area contributed by atoms with Crippen molar-refractivity contribution in [2.24, 2.45) is 0 Å². The second-order valence-corrected chi connectivity index (χ2v) is 3.47. The molecule has 0 rings (SSSR count). The van der Waals surface area contributed by atoms with Crippen LogP contribution in [0.5, 0.6) is 0 Å². The molecular weight excluding hydrogens is 214 g/mol. The van der Waals surface area contributed by atoms with E-state index in [1.807, 2.05) is 25.2 Å². The van der Waals surface area contributed by atoms with E-state index in [4.69, 9.17) is 0 Å². The van der Waals surface area contributed by atoms with Crippen molar-refractivity contribution >= 4 is 15.9 Å². The van der Waals surface area contributed by atoms with Crippen LogP contribution in [0.15, 0.2) is 34.9 Å². The zero-order valence-electron chi connectivity index (χ0n) is 7.73. The van der Waals surface area contributed by atoms with Gasteiger partial charge in [0.25, 0.3) is 0 Å². The van der Waals surface area contributed by atoms with Crippen molar-refractivity contribution in [3.8, 4) is 0 Å². The number of nitrogens with one attached hydrogen (secondary N) is 1. The Morgan fingerprint density at radius 3 is 2.75 bits per heavy atom. The summed E-state index contributed by atoms with van der Waals surface area (Å²) in [5.74, 6) is 0. The Hall–Kier alpha value is -0.340. The molecule has 0 heterocycles. The quantitative estimate of drug-likeness (QED) is 0.716. The molecule has 0 amide bonds. The van der Waals surface area contributed by atoms with Crippen LogP contribution in [0.4, 0.5) is 0 Å². The van der Waals surface area contributed by atoms with Gasteiger partial charge in [-0.05, 0) is 25.1 Å². The van der Waals surface area contributed by atoms with Crippen LogP contribution in [0.1, 0.15) is 13.8 Å². The number of hydrogen-bond acceptors (Lipinski definition) is 1. The normalized spacial score (nSPS) is 12.4. The molecular formula is C10H16BrN. The molecule has 0 spiro atoms. The van der Waals surface area contributed by atoms with Crippen LogP contribution < -0.4 is 5.32 Å². The topological polar surface area (TPSA) is 12.0 Å². The van der Waals surface area contributed by atoms with Gasteiger partial charge in [0, 0.05) is 11.0 Å². The summed E-state index contributed by atoms with van der Waals surface area (Å²) >= 11 is 3.45. The highest BCUT2D eigenvalue weighted by Gasteiger charge is 1.89. The summed E-state index contributed by atoms with van der Waals surface area (Å²) in [6.45, 7) is 9.79. The first-order valence-corrected chi connectivity index (χ1v) is 4.88. The summed E-state index contributed by atoms with van der Waals surface area (Å²) in [7, 11) is 0. The molecule has 0 aromatic rings. The molecule has 0 atom stereocenters. The second kappa shape index (κ2) is 7.32. The molecule has 0 aliphatic heterocycles. The van der Waals surface area contributed by atoms with Gasteiger partial charge in [0.15, 0.2) is 0 Å². The Morgan fingerprint density at radius 1 is 1.58 bits per heavy atom. The van der Waals surface area contributed by atoms with E-state index in [-0.39, 0.29) is 0 Å². The van der Waals surface area contributed by atoms with Crippen molar-refractivity contribution in [1.82, 2.24) is 5.32 Å². The van der Waals surface area contributed by atoms with Gasteiger partial charge in [-0.15, -0.1) is 0 Å². The van der Waals surface area contributed by atoms with E-state index < -0.39 is 0 Å². The van der Waals surface area contributed by atoms with Crippen LogP contribution in [-0.2, 0) is 0 Å². The molecule has 0 radical (unpaired) electrons. The lowest BCUT2D eigenvalue weighted by Crippen LogP contribution is -2.13. The third-order valence-electron chi connectivity index (χ3n) is 1.27. The van der Waals surface area contributed by atoms with Gasteiger partial charge in [-0.1, -0.05) is 41.6 Å². The summed E-state index contributed by atoms with van der Waals surface area (Å²) in [5.41, 5.74) is 1.02. The highest BCUT2D eigenvalue weighted by atomic mass is 79.9. The summed E-state index contributed by atoms with van der Waals surface area (Å²) in [6, 6.07) is 0. The van der Waals surface area contributed by atoms with Crippen molar-refractivity contribution < 1.29 is 0 Å². The van der Waals surface area contributed by atoms with E-state index in [1.165, 1.54) is 0 Å². The molecule has 12 heavy (non-hydrogen) atoms.